The van der Waals surface area contributed by atoms with Crippen LogP contribution >= 0.6 is 0 Å². The fraction of sp³-hybridized carbons (Fsp3) is 0.250. The first-order chi connectivity index (χ1) is 11.1. The molecule has 0 radical (unpaired) electrons. The number of oxazole rings is 1. The van der Waals surface area contributed by atoms with Crippen molar-refractivity contribution in [3.8, 4) is 11.5 Å². The van der Waals surface area contributed by atoms with Crippen LogP contribution in [0.2, 0.25) is 0 Å². The number of benzene rings is 1. The number of hydrogen-bond acceptors (Lipinski definition) is 6. The van der Waals surface area contributed by atoms with Gasteiger partial charge in [-0.25, -0.2) is 14.2 Å². The second-order valence-corrected chi connectivity index (χ2v) is 4.37. The zero-order valence-corrected chi connectivity index (χ0v) is 13.0. The van der Waals surface area contributed by atoms with Crippen LogP contribution in [-0.2, 0) is 4.74 Å². The topological polar surface area (TPSA) is 70.8 Å². The lowest BCUT2D eigenvalue weighted by Gasteiger charge is -2.07. The van der Waals surface area contributed by atoms with Gasteiger partial charge in [0.15, 0.2) is 23.0 Å². The first kappa shape index (κ1) is 16.5. The SMILES string of the molecule is CCOC(=O)c1coc(/C(F)=C/c2ccc(OC)c(OC)c2)n1. The lowest BCUT2D eigenvalue weighted by atomic mass is 10.2. The molecule has 0 N–H and O–H groups in total. The number of methoxy groups -OCH3 is 2. The highest BCUT2D eigenvalue weighted by molar-refractivity contribution is 5.87. The molecule has 1 heterocycles. The summed E-state index contributed by atoms with van der Waals surface area (Å²) in [6.07, 6.45) is 2.26. The Morgan fingerprint density at radius 2 is 2.04 bits per heavy atom. The Labute approximate surface area is 132 Å². The minimum Gasteiger partial charge on any atom is -0.493 e. The van der Waals surface area contributed by atoms with Gasteiger partial charge in [0.05, 0.1) is 20.8 Å². The number of esters is 1. The van der Waals surface area contributed by atoms with Gasteiger partial charge in [0.25, 0.3) is 5.89 Å². The van der Waals surface area contributed by atoms with E-state index in [-0.39, 0.29) is 18.2 Å². The second-order valence-electron chi connectivity index (χ2n) is 4.37. The smallest absolute Gasteiger partial charge is 0.360 e. The highest BCUT2D eigenvalue weighted by atomic mass is 19.1. The fourth-order valence-corrected chi connectivity index (χ4v) is 1.83. The third-order valence-electron chi connectivity index (χ3n) is 2.89. The summed E-state index contributed by atoms with van der Waals surface area (Å²) in [5.74, 6) is -0.698. The van der Waals surface area contributed by atoms with Crippen molar-refractivity contribution in [2.75, 3.05) is 20.8 Å². The predicted molar refractivity (Wildman–Crippen MR) is 81.0 cm³/mol. The molecule has 0 saturated carbocycles. The molecule has 0 aliphatic heterocycles. The van der Waals surface area contributed by atoms with Gasteiger partial charge >= 0.3 is 5.97 Å². The van der Waals surface area contributed by atoms with E-state index in [2.05, 4.69) is 4.98 Å². The van der Waals surface area contributed by atoms with Crippen LogP contribution in [0.15, 0.2) is 28.9 Å². The molecule has 0 fully saturated rings. The Balaban J connectivity index is 2.24. The zero-order chi connectivity index (χ0) is 16.8. The van der Waals surface area contributed by atoms with E-state index < -0.39 is 11.8 Å². The Bertz CT molecular complexity index is 723. The van der Waals surface area contributed by atoms with Crippen LogP contribution in [0.5, 0.6) is 11.5 Å². The van der Waals surface area contributed by atoms with E-state index in [0.29, 0.717) is 17.1 Å². The van der Waals surface area contributed by atoms with Crippen LogP contribution < -0.4 is 9.47 Å². The van der Waals surface area contributed by atoms with Gasteiger partial charge in [-0.1, -0.05) is 6.07 Å². The molecule has 0 bridgehead atoms. The van der Waals surface area contributed by atoms with E-state index >= 15 is 0 Å². The maximum Gasteiger partial charge on any atom is 0.360 e. The molecule has 0 amide bonds. The van der Waals surface area contributed by atoms with E-state index in [0.717, 1.165) is 6.26 Å². The molecule has 1 aromatic carbocycles. The molecule has 122 valence electrons. The van der Waals surface area contributed by atoms with Crippen molar-refractivity contribution < 1.29 is 27.8 Å². The first-order valence-electron chi connectivity index (χ1n) is 6.81. The maximum absolute atomic E-state index is 14.2. The van der Waals surface area contributed by atoms with E-state index in [1.807, 2.05) is 0 Å². The summed E-state index contributed by atoms with van der Waals surface area (Å²) in [5.41, 5.74) is 0.439. The molecule has 2 aromatic rings. The van der Waals surface area contributed by atoms with Crippen molar-refractivity contribution in [3.63, 3.8) is 0 Å². The standard InChI is InChI=1S/C16H16FNO5/c1-4-22-16(19)12-9-23-15(18-12)11(17)7-10-5-6-13(20-2)14(8-10)21-3/h5-9H,4H2,1-3H3/b11-7-. The van der Waals surface area contributed by atoms with Gasteiger partial charge in [0, 0.05) is 0 Å². The first-order valence-corrected chi connectivity index (χ1v) is 6.81. The van der Waals surface area contributed by atoms with Crippen molar-refractivity contribution in [1.29, 1.82) is 0 Å². The molecule has 2 rings (SSSR count). The number of nitrogens with zero attached hydrogens (tertiary/aromatic N) is 1. The van der Waals surface area contributed by atoms with Crippen molar-refractivity contribution in [3.05, 3.63) is 41.6 Å². The average Bonchev–Trinajstić information content (AvgIpc) is 3.05. The number of ether oxygens (including phenoxy) is 3. The third kappa shape index (κ3) is 3.88. The number of hydrogen-bond donors (Lipinski definition) is 0. The van der Waals surface area contributed by atoms with Gasteiger partial charge in [-0.2, -0.15) is 0 Å². The Morgan fingerprint density at radius 1 is 1.30 bits per heavy atom. The summed E-state index contributed by atoms with van der Waals surface area (Å²) in [5, 5.41) is 0. The molecular weight excluding hydrogens is 305 g/mol. The zero-order valence-electron chi connectivity index (χ0n) is 13.0. The summed E-state index contributed by atoms with van der Waals surface area (Å²) >= 11 is 0. The molecule has 7 heteroatoms. The molecule has 23 heavy (non-hydrogen) atoms. The van der Waals surface area contributed by atoms with Crippen molar-refractivity contribution in [1.82, 2.24) is 4.98 Å². The van der Waals surface area contributed by atoms with E-state index in [1.54, 1.807) is 25.1 Å². The number of aromatic nitrogens is 1. The molecule has 0 saturated heterocycles. The third-order valence-corrected chi connectivity index (χ3v) is 2.89. The fourth-order valence-electron chi connectivity index (χ4n) is 1.83. The second kappa shape index (κ2) is 7.44. The van der Waals surface area contributed by atoms with Gasteiger partial charge in [-0.05, 0) is 30.7 Å². The van der Waals surface area contributed by atoms with Gasteiger partial charge < -0.3 is 18.6 Å². The minimum atomic E-state index is -0.729. The normalized spacial score (nSPS) is 11.2. The molecule has 1 aromatic heterocycles. The number of halogens is 1. The predicted octanol–water partition coefficient (Wildman–Crippen LogP) is 3.34. The van der Waals surface area contributed by atoms with Gasteiger partial charge in [0.2, 0.25) is 0 Å². The summed E-state index contributed by atoms with van der Waals surface area (Å²) < 4.78 is 34.2. The highest BCUT2D eigenvalue weighted by Crippen LogP contribution is 2.29. The number of carbonyl (C=O) groups is 1. The summed E-state index contributed by atoms with van der Waals surface area (Å²) in [6.45, 7) is 1.86. The van der Waals surface area contributed by atoms with Gasteiger partial charge in [0.1, 0.15) is 6.26 Å². The lowest BCUT2D eigenvalue weighted by Crippen LogP contribution is -2.04. The summed E-state index contributed by atoms with van der Waals surface area (Å²) in [4.78, 5) is 15.2. The van der Waals surface area contributed by atoms with E-state index in [4.69, 9.17) is 18.6 Å². The van der Waals surface area contributed by atoms with E-state index in [9.17, 15) is 9.18 Å². The van der Waals surface area contributed by atoms with Crippen LogP contribution in [0.4, 0.5) is 4.39 Å². The molecule has 0 spiro atoms. The lowest BCUT2D eigenvalue weighted by molar-refractivity contribution is 0.0519. The van der Waals surface area contributed by atoms with Crippen LogP contribution in [0.1, 0.15) is 28.9 Å². The average molecular weight is 321 g/mol. The van der Waals surface area contributed by atoms with Crippen molar-refractivity contribution in [2.45, 2.75) is 6.92 Å². The highest BCUT2D eigenvalue weighted by Gasteiger charge is 2.16. The van der Waals surface area contributed by atoms with Gasteiger partial charge in [-0.15, -0.1) is 0 Å². The van der Waals surface area contributed by atoms with Crippen LogP contribution in [0.25, 0.3) is 11.9 Å². The molecule has 0 atom stereocenters. The van der Waals surface area contributed by atoms with Crippen LogP contribution in [-0.4, -0.2) is 31.8 Å². The van der Waals surface area contributed by atoms with Crippen molar-refractivity contribution in [2.24, 2.45) is 0 Å². The summed E-state index contributed by atoms with van der Waals surface area (Å²) in [6, 6.07) is 4.90. The van der Waals surface area contributed by atoms with E-state index in [1.165, 1.54) is 20.3 Å². The van der Waals surface area contributed by atoms with Crippen LogP contribution in [0.3, 0.4) is 0 Å². The Morgan fingerprint density at radius 3 is 2.70 bits per heavy atom. The molecule has 6 nitrogen and oxygen atoms in total. The minimum absolute atomic E-state index is 0.0855. The maximum atomic E-state index is 14.2. The van der Waals surface area contributed by atoms with Crippen molar-refractivity contribution >= 4 is 17.9 Å². The molecule has 0 aliphatic rings. The molecular formula is C16H16FNO5. The molecule has 0 aliphatic carbocycles. The quantitative estimate of drug-likeness (QED) is 0.760. The van der Waals surface area contributed by atoms with Crippen LogP contribution in [0, 0.1) is 0 Å². The largest absolute Gasteiger partial charge is 0.493 e. The number of rotatable bonds is 6. The monoisotopic (exact) mass is 321 g/mol. The number of carbonyl (C=O) groups excluding carboxylic acids is 1. The van der Waals surface area contributed by atoms with Gasteiger partial charge in [-0.3, -0.25) is 0 Å². The summed E-state index contributed by atoms with van der Waals surface area (Å²) in [7, 11) is 3.00. The Kier molecular flexibility index (Phi) is 5.35. The molecule has 0 unspecified atom stereocenters. The Hall–Kier alpha value is -2.83.